The second-order valence-corrected chi connectivity index (χ2v) is 12.0. The first-order valence-corrected chi connectivity index (χ1v) is 15.4. The largest absolute Gasteiger partial charge is 0.497 e. The number of benzene rings is 1. The van der Waals surface area contributed by atoms with Crippen LogP contribution in [-0.2, 0) is 14.4 Å². The molecule has 10 nitrogen and oxygen atoms in total. The maximum absolute atomic E-state index is 13.6. The van der Waals surface area contributed by atoms with E-state index in [1.54, 1.807) is 17.5 Å². The predicted molar refractivity (Wildman–Crippen MR) is 157 cm³/mol. The zero-order valence-corrected chi connectivity index (χ0v) is 24.3. The van der Waals surface area contributed by atoms with Crippen LogP contribution in [0.3, 0.4) is 0 Å². The summed E-state index contributed by atoms with van der Waals surface area (Å²) in [5.41, 5.74) is 2.45. The second kappa shape index (κ2) is 11.7. The smallest absolute Gasteiger partial charge is 0.330 e. The lowest BCUT2D eigenvalue weighted by Crippen LogP contribution is -2.53. The number of fused-ring (bicyclic) bond motifs is 3. The van der Waals surface area contributed by atoms with Crippen molar-refractivity contribution >= 4 is 40.0 Å². The number of nitrogens with one attached hydrogen (secondary N) is 1. The molecule has 4 atom stereocenters. The van der Waals surface area contributed by atoms with Gasteiger partial charge in [-0.05, 0) is 37.8 Å². The van der Waals surface area contributed by atoms with Crippen LogP contribution in [0.15, 0.2) is 47.3 Å². The van der Waals surface area contributed by atoms with E-state index in [1.807, 2.05) is 41.8 Å². The number of aromatic nitrogens is 2. The molecule has 4 heterocycles. The summed E-state index contributed by atoms with van der Waals surface area (Å²) in [4.78, 5) is 50.0. The fraction of sp³-hybridized carbons (Fsp3) is 0.452. The van der Waals surface area contributed by atoms with Crippen LogP contribution in [0, 0.1) is 5.92 Å². The molecule has 2 amide bonds. The van der Waals surface area contributed by atoms with Gasteiger partial charge in [-0.15, -0.1) is 11.3 Å². The van der Waals surface area contributed by atoms with Crippen molar-refractivity contribution < 1.29 is 29.0 Å². The lowest BCUT2D eigenvalue weighted by atomic mass is 10.1. The quantitative estimate of drug-likeness (QED) is 0.413. The average Bonchev–Trinajstić information content (AvgIpc) is 3.31. The summed E-state index contributed by atoms with van der Waals surface area (Å²) >= 11 is 1.47. The van der Waals surface area contributed by atoms with Crippen molar-refractivity contribution in [2.75, 3.05) is 13.7 Å². The van der Waals surface area contributed by atoms with Crippen LogP contribution >= 0.6 is 11.3 Å². The van der Waals surface area contributed by atoms with E-state index in [0.717, 1.165) is 43.2 Å². The van der Waals surface area contributed by atoms with E-state index in [1.165, 1.54) is 11.3 Å². The van der Waals surface area contributed by atoms with E-state index in [-0.39, 0.29) is 24.8 Å². The minimum atomic E-state index is -1.33. The van der Waals surface area contributed by atoms with Crippen molar-refractivity contribution in [3.63, 3.8) is 0 Å². The summed E-state index contributed by atoms with van der Waals surface area (Å²) in [6, 6.07) is 6.56. The number of amides is 2. The van der Waals surface area contributed by atoms with Crippen LogP contribution in [0.1, 0.15) is 51.4 Å². The maximum Gasteiger partial charge on any atom is 0.330 e. The van der Waals surface area contributed by atoms with E-state index >= 15 is 0 Å². The predicted octanol–water partition coefficient (Wildman–Crippen LogP) is 4.59. The van der Waals surface area contributed by atoms with Gasteiger partial charge in [0.05, 0.1) is 36.1 Å². The van der Waals surface area contributed by atoms with Gasteiger partial charge in [0.2, 0.25) is 11.8 Å². The third-order valence-electron chi connectivity index (χ3n) is 8.48. The normalized spacial score (nSPS) is 27.3. The summed E-state index contributed by atoms with van der Waals surface area (Å²) in [6.07, 6.45) is 8.92. The Balaban J connectivity index is 1.29. The molecule has 3 aliphatic rings. The summed E-state index contributed by atoms with van der Waals surface area (Å²) in [7, 11) is 1.60. The number of carboxylic acid groups (broad SMARTS) is 1. The first kappa shape index (κ1) is 28.1. The van der Waals surface area contributed by atoms with Crippen LogP contribution in [-0.4, -0.2) is 69.1 Å². The third kappa shape index (κ3) is 5.57. The number of allylic oxidation sites excluding steroid dienone is 1. The molecule has 3 aromatic rings. The van der Waals surface area contributed by atoms with Gasteiger partial charge < -0.3 is 24.8 Å². The number of hydrogen-bond donors (Lipinski definition) is 2. The number of methoxy groups -OCH3 is 1. The minimum absolute atomic E-state index is 0.113. The first-order chi connectivity index (χ1) is 20.4. The van der Waals surface area contributed by atoms with Gasteiger partial charge in [-0.3, -0.25) is 9.59 Å². The number of ether oxygens (including phenoxy) is 2. The minimum Gasteiger partial charge on any atom is -0.497 e. The molecule has 6 rings (SSSR count). The highest BCUT2D eigenvalue weighted by Crippen LogP contribution is 2.45. The van der Waals surface area contributed by atoms with Crippen molar-refractivity contribution in [2.24, 2.45) is 5.92 Å². The fourth-order valence-corrected chi connectivity index (χ4v) is 6.57. The Hall–Kier alpha value is -3.99. The molecule has 11 heteroatoms. The molecule has 4 unspecified atom stereocenters. The molecule has 1 saturated carbocycles. The molecule has 0 spiro atoms. The van der Waals surface area contributed by atoms with Gasteiger partial charge in [-0.2, -0.15) is 0 Å². The molecule has 2 fully saturated rings. The highest BCUT2D eigenvalue weighted by atomic mass is 32.1. The summed E-state index contributed by atoms with van der Waals surface area (Å²) in [5.74, 6) is -0.641. The molecule has 2 N–H and O–H groups in total. The number of hydrogen-bond acceptors (Lipinski definition) is 8. The Morgan fingerprint density at radius 2 is 2.02 bits per heavy atom. The lowest BCUT2D eigenvalue weighted by Gasteiger charge is -2.25. The molecule has 42 heavy (non-hydrogen) atoms. The van der Waals surface area contributed by atoms with Gasteiger partial charge in [0, 0.05) is 41.7 Å². The maximum atomic E-state index is 13.6. The number of nitrogens with zero attached hydrogens (tertiary/aromatic N) is 3. The fourth-order valence-electron chi connectivity index (χ4n) is 6.02. The summed E-state index contributed by atoms with van der Waals surface area (Å²) in [6.45, 7) is 0.229. The molecule has 1 saturated heterocycles. The van der Waals surface area contributed by atoms with Crippen LogP contribution < -0.4 is 14.8 Å². The molecule has 0 bridgehead atoms. The van der Waals surface area contributed by atoms with E-state index in [2.05, 4.69) is 10.3 Å². The van der Waals surface area contributed by atoms with Gasteiger partial charge in [0.15, 0.2) is 0 Å². The lowest BCUT2D eigenvalue weighted by molar-refractivity contribution is -0.145. The Labute approximate surface area is 247 Å². The summed E-state index contributed by atoms with van der Waals surface area (Å²) in [5, 5.41) is 15.5. The molecular formula is C31H34N4O6S. The average molecular weight is 591 g/mol. The Morgan fingerprint density at radius 1 is 1.17 bits per heavy atom. The van der Waals surface area contributed by atoms with Gasteiger partial charge in [-0.25, -0.2) is 14.8 Å². The van der Waals surface area contributed by atoms with Gasteiger partial charge in [0.1, 0.15) is 29.2 Å². The molecular weight excluding hydrogens is 556 g/mol. The van der Waals surface area contributed by atoms with Gasteiger partial charge in [0.25, 0.3) is 0 Å². The van der Waals surface area contributed by atoms with Crippen LogP contribution in [0.25, 0.3) is 22.3 Å². The Bertz CT molecular complexity index is 1530. The number of carbonyl (C=O) groups excluding carboxylic acids is 2. The van der Waals surface area contributed by atoms with Crippen LogP contribution in [0.4, 0.5) is 0 Å². The zero-order valence-electron chi connectivity index (χ0n) is 23.5. The number of aliphatic carboxylic acids is 1. The molecule has 2 aromatic heterocycles. The highest BCUT2D eigenvalue weighted by Gasteiger charge is 2.61. The number of thiazole rings is 1. The second-order valence-electron chi connectivity index (χ2n) is 11.3. The van der Waals surface area contributed by atoms with E-state index in [9.17, 15) is 19.5 Å². The van der Waals surface area contributed by atoms with Gasteiger partial charge >= 0.3 is 5.97 Å². The number of rotatable bonds is 5. The highest BCUT2D eigenvalue weighted by molar-refractivity contribution is 7.07. The first-order valence-electron chi connectivity index (χ1n) is 14.4. The van der Waals surface area contributed by atoms with Crippen molar-refractivity contribution in [1.82, 2.24) is 20.2 Å². The van der Waals surface area contributed by atoms with Crippen LogP contribution in [0.2, 0.25) is 0 Å². The number of carbonyl (C=O) groups is 3. The number of pyridine rings is 1. The summed E-state index contributed by atoms with van der Waals surface area (Å²) < 4.78 is 11.9. The molecule has 2 aliphatic heterocycles. The van der Waals surface area contributed by atoms with E-state index < -0.39 is 29.6 Å². The molecule has 1 aromatic carbocycles. The van der Waals surface area contributed by atoms with Crippen molar-refractivity contribution in [3.8, 4) is 22.9 Å². The number of carboxylic acids is 1. The zero-order chi connectivity index (χ0) is 29.3. The Kier molecular flexibility index (Phi) is 7.85. The molecule has 220 valence electrons. The standard InChI is InChI=1S/C31H34N4O6S/c1-40-20-10-11-22-23(12-20)33-24(25-17-42-18-32-25)14-27(22)41-21-13-26-29(37)34-31(30(38)39)15-19(31)8-6-4-2-3-5-7-9-28(36)35(26)16-21/h6,8,10-12,14,17-19,21,26H,2-5,7,9,13,15-16H2,1H3,(H,34,37)(H,38,39)/b8-6+. The van der Waals surface area contributed by atoms with Crippen molar-refractivity contribution in [1.29, 1.82) is 0 Å². The third-order valence-corrected chi connectivity index (χ3v) is 9.06. The van der Waals surface area contributed by atoms with Gasteiger partial charge in [-0.1, -0.05) is 25.0 Å². The van der Waals surface area contributed by atoms with E-state index in [0.29, 0.717) is 35.6 Å². The van der Waals surface area contributed by atoms with Crippen molar-refractivity contribution in [3.05, 3.63) is 47.3 Å². The Morgan fingerprint density at radius 3 is 2.81 bits per heavy atom. The van der Waals surface area contributed by atoms with Crippen LogP contribution in [0.5, 0.6) is 11.5 Å². The van der Waals surface area contributed by atoms with Crippen molar-refractivity contribution in [2.45, 2.75) is 69.1 Å². The van der Waals surface area contributed by atoms with E-state index in [4.69, 9.17) is 14.5 Å². The monoisotopic (exact) mass is 590 g/mol. The topological polar surface area (TPSA) is 131 Å². The molecule has 1 aliphatic carbocycles. The SMILES string of the molecule is COc1ccc2c(OC3CC4C(=O)NC5(C(=O)O)CC5/C=C/CCCCCCC(=O)N4C3)cc(-c3cscn3)nc2c1. The molecule has 0 radical (unpaired) electrons.